The number of carbonyl (C=O) groups is 1. The number of aryl methyl sites for hydroxylation is 1. The molecule has 96 valence electrons. The Balaban J connectivity index is 2.04. The van der Waals surface area contributed by atoms with Gasteiger partial charge in [-0.15, -0.1) is 11.3 Å². The zero-order chi connectivity index (χ0) is 13.4. The fourth-order valence-electron chi connectivity index (χ4n) is 1.75. The second-order valence-corrected chi connectivity index (χ2v) is 4.91. The summed E-state index contributed by atoms with van der Waals surface area (Å²) in [6.45, 7) is 1.97. The van der Waals surface area contributed by atoms with Crippen molar-refractivity contribution in [3.8, 4) is 11.6 Å². The maximum Gasteiger partial charge on any atom is 0.358 e. The van der Waals surface area contributed by atoms with E-state index in [4.69, 9.17) is 4.74 Å². The topological polar surface area (TPSA) is 63.8 Å². The predicted molar refractivity (Wildman–Crippen MR) is 71.3 cm³/mol. The Kier molecular flexibility index (Phi) is 2.72. The van der Waals surface area contributed by atoms with E-state index in [2.05, 4.69) is 4.98 Å². The minimum Gasteiger partial charge on any atom is -0.476 e. The smallest absolute Gasteiger partial charge is 0.358 e. The van der Waals surface area contributed by atoms with Crippen LogP contribution in [0.3, 0.4) is 0 Å². The molecule has 6 heteroatoms. The van der Waals surface area contributed by atoms with Crippen LogP contribution < -0.4 is 4.74 Å². The fraction of sp³-hybridized carbons (Fsp3) is 0.0769. The Morgan fingerprint density at radius 3 is 2.79 bits per heavy atom. The lowest BCUT2D eigenvalue weighted by Gasteiger charge is -2.03. The number of hydrogen-bond donors (Lipinski definition) is 1. The number of nitrogens with zero attached hydrogens (tertiary/aromatic N) is 2. The average Bonchev–Trinajstić information content (AvgIpc) is 2.91. The predicted octanol–water partition coefficient (Wildman–Crippen LogP) is 3.19. The van der Waals surface area contributed by atoms with E-state index in [-0.39, 0.29) is 11.6 Å². The summed E-state index contributed by atoms with van der Waals surface area (Å²) in [5.74, 6) is -0.380. The van der Waals surface area contributed by atoms with E-state index in [1.165, 1.54) is 15.7 Å². The molecule has 1 aromatic carbocycles. The largest absolute Gasteiger partial charge is 0.476 e. The molecule has 0 atom stereocenters. The molecule has 0 aliphatic rings. The number of ether oxygens (including phenoxy) is 1. The molecular formula is C13H10N2O3S. The SMILES string of the molecule is Cc1ccc(Oc2nc3sccn3c2C(=O)O)cc1. The van der Waals surface area contributed by atoms with Gasteiger partial charge in [-0.25, -0.2) is 4.79 Å². The van der Waals surface area contributed by atoms with Gasteiger partial charge in [0.15, 0.2) is 10.7 Å². The molecule has 0 spiro atoms. The Morgan fingerprint density at radius 2 is 2.11 bits per heavy atom. The Hall–Kier alpha value is -2.34. The molecule has 1 N–H and O–H groups in total. The van der Waals surface area contributed by atoms with Crippen molar-refractivity contribution in [2.75, 3.05) is 0 Å². The van der Waals surface area contributed by atoms with Crippen molar-refractivity contribution in [1.82, 2.24) is 9.38 Å². The zero-order valence-electron chi connectivity index (χ0n) is 10.0. The number of carboxylic acids is 1. The van der Waals surface area contributed by atoms with Gasteiger partial charge >= 0.3 is 5.97 Å². The maximum atomic E-state index is 11.3. The minimum atomic E-state index is -1.06. The van der Waals surface area contributed by atoms with Crippen molar-refractivity contribution in [3.05, 3.63) is 47.1 Å². The van der Waals surface area contributed by atoms with Gasteiger partial charge in [0.1, 0.15) is 5.75 Å². The number of hydrogen-bond acceptors (Lipinski definition) is 4. The summed E-state index contributed by atoms with van der Waals surface area (Å²) in [5.41, 5.74) is 1.15. The van der Waals surface area contributed by atoms with Crippen molar-refractivity contribution < 1.29 is 14.6 Å². The average molecular weight is 274 g/mol. The van der Waals surface area contributed by atoms with Crippen LogP contribution in [-0.2, 0) is 0 Å². The van der Waals surface area contributed by atoms with Crippen molar-refractivity contribution in [2.24, 2.45) is 0 Å². The normalized spacial score (nSPS) is 10.8. The number of aromatic carboxylic acids is 1. The highest BCUT2D eigenvalue weighted by molar-refractivity contribution is 7.15. The lowest BCUT2D eigenvalue weighted by molar-refractivity contribution is 0.0686. The number of benzene rings is 1. The third-order valence-electron chi connectivity index (χ3n) is 2.67. The first kappa shape index (κ1) is 11.7. The van der Waals surface area contributed by atoms with E-state index in [0.29, 0.717) is 10.7 Å². The molecule has 0 radical (unpaired) electrons. The highest BCUT2D eigenvalue weighted by Gasteiger charge is 2.21. The Labute approximate surface area is 112 Å². The van der Waals surface area contributed by atoms with E-state index in [0.717, 1.165) is 5.56 Å². The number of rotatable bonds is 3. The molecule has 3 rings (SSSR count). The summed E-state index contributed by atoms with van der Waals surface area (Å²) < 4.78 is 7.07. The van der Waals surface area contributed by atoms with Gasteiger partial charge in [-0.1, -0.05) is 17.7 Å². The molecule has 2 aromatic heterocycles. The first-order chi connectivity index (χ1) is 9.15. The van der Waals surface area contributed by atoms with Gasteiger partial charge in [-0.05, 0) is 19.1 Å². The van der Waals surface area contributed by atoms with E-state index < -0.39 is 5.97 Å². The maximum absolute atomic E-state index is 11.3. The van der Waals surface area contributed by atoms with Crippen LogP contribution in [0.25, 0.3) is 4.96 Å². The van der Waals surface area contributed by atoms with E-state index in [1.54, 1.807) is 23.7 Å². The molecule has 0 aliphatic heterocycles. The highest BCUT2D eigenvalue weighted by atomic mass is 32.1. The van der Waals surface area contributed by atoms with Crippen molar-refractivity contribution in [3.63, 3.8) is 0 Å². The number of fused-ring (bicyclic) bond motifs is 1. The van der Waals surface area contributed by atoms with Crippen molar-refractivity contribution in [1.29, 1.82) is 0 Å². The molecular weight excluding hydrogens is 264 g/mol. The van der Waals surface area contributed by atoms with Crippen LogP contribution in [0.4, 0.5) is 0 Å². The van der Waals surface area contributed by atoms with Gasteiger partial charge in [-0.2, -0.15) is 4.98 Å². The van der Waals surface area contributed by atoms with Crippen LogP contribution in [0.2, 0.25) is 0 Å². The number of thiazole rings is 1. The standard InChI is InChI=1S/C13H10N2O3S/c1-8-2-4-9(5-3-8)18-11-10(12(16)17)15-6-7-19-13(15)14-11/h2-7H,1H3,(H,16,17). The van der Waals surface area contributed by atoms with Crippen LogP contribution >= 0.6 is 11.3 Å². The van der Waals surface area contributed by atoms with Gasteiger partial charge in [0.05, 0.1) is 0 Å². The minimum absolute atomic E-state index is 0.0387. The summed E-state index contributed by atoms with van der Waals surface area (Å²) in [5, 5.41) is 11.0. The lowest BCUT2D eigenvalue weighted by atomic mass is 10.2. The molecule has 3 aromatic rings. The van der Waals surface area contributed by atoms with Gasteiger partial charge in [-0.3, -0.25) is 4.40 Å². The molecule has 0 bridgehead atoms. The summed E-state index contributed by atoms with van der Waals surface area (Å²) in [4.78, 5) is 16.1. The summed E-state index contributed by atoms with van der Waals surface area (Å²) in [6, 6.07) is 7.37. The van der Waals surface area contributed by atoms with Gasteiger partial charge in [0.2, 0.25) is 0 Å². The zero-order valence-corrected chi connectivity index (χ0v) is 10.8. The third-order valence-corrected chi connectivity index (χ3v) is 3.42. The van der Waals surface area contributed by atoms with Crippen molar-refractivity contribution >= 4 is 22.3 Å². The van der Waals surface area contributed by atoms with E-state index in [1.807, 2.05) is 19.1 Å². The summed E-state index contributed by atoms with van der Waals surface area (Å²) in [6.07, 6.45) is 1.67. The molecule has 0 saturated carbocycles. The molecule has 0 fully saturated rings. The molecule has 0 saturated heterocycles. The molecule has 5 nitrogen and oxygen atoms in total. The molecule has 0 amide bonds. The number of aromatic nitrogens is 2. The van der Waals surface area contributed by atoms with Gasteiger partial charge in [0, 0.05) is 11.6 Å². The third kappa shape index (κ3) is 2.06. The second kappa shape index (κ2) is 4.40. The highest BCUT2D eigenvalue weighted by Crippen LogP contribution is 2.27. The van der Waals surface area contributed by atoms with Crippen LogP contribution in [0.5, 0.6) is 11.6 Å². The number of imidazole rings is 1. The molecule has 19 heavy (non-hydrogen) atoms. The monoisotopic (exact) mass is 274 g/mol. The van der Waals surface area contributed by atoms with Crippen LogP contribution in [-0.4, -0.2) is 20.5 Å². The van der Waals surface area contributed by atoms with E-state index >= 15 is 0 Å². The van der Waals surface area contributed by atoms with Crippen molar-refractivity contribution in [2.45, 2.75) is 6.92 Å². The fourth-order valence-corrected chi connectivity index (χ4v) is 2.46. The Morgan fingerprint density at radius 1 is 1.37 bits per heavy atom. The molecule has 2 heterocycles. The first-order valence-electron chi connectivity index (χ1n) is 5.58. The Bertz CT molecular complexity index is 743. The first-order valence-corrected chi connectivity index (χ1v) is 6.46. The lowest BCUT2D eigenvalue weighted by Crippen LogP contribution is -2.02. The van der Waals surface area contributed by atoms with Crippen LogP contribution in [0, 0.1) is 6.92 Å². The van der Waals surface area contributed by atoms with Crippen LogP contribution in [0.15, 0.2) is 35.8 Å². The second-order valence-electron chi connectivity index (χ2n) is 4.04. The summed E-state index contributed by atoms with van der Waals surface area (Å²) >= 11 is 1.36. The van der Waals surface area contributed by atoms with Crippen LogP contribution in [0.1, 0.15) is 16.1 Å². The van der Waals surface area contributed by atoms with E-state index in [9.17, 15) is 9.90 Å². The molecule has 0 unspecified atom stereocenters. The summed E-state index contributed by atoms with van der Waals surface area (Å²) in [7, 11) is 0. The number of carboxylic acid groups (broad SMARTS) is 1. The van der Waals surface area contributed by atoms with Gasteiger partial charge < -0.3 is 9.84 Å². The van der Waals surface area contributed by atoms with Gasteiger partial charge in [0.25, 0.3) is 5.88 Å². The molecule has 0 aliphatic carbocycles. The quantitative estimate of drug-likeness (QED) is 0.796.